The van der Waals surface area contributed by atoms with Crippen molar-refractivity contribution in [2.24, 2.45) is 11.8 Å². The van der Waals surface area contributed by atoms with Gasteiger partial charge in [0.1, 0.15) is 16.5 Å². The lowest BCUT2D eigenvalue weighted by atomic mass is 9.95. The Labute approximate surface area is 117 Å². The summed E-state index contributed by atoms with van der Waals surface area (Å²) in [5.74, 6) is 3.04. The largest absolute Gasteiger partial charge is 0.383 e. The topological polar surface area (TPSA) is 55.0 Å². The van der Waals surface area contributed by atoms with Crippen LogP contribution in [0.3, 0.4) is 0 Å². The van der Waals surface area contributed by atoms with Gasteiger partial charge >= 0.3 is 0 Å². The average Bonchev–Trinajstić information content (AvgIpc) is 2.97. The molecule has 0 spiro atoms. The normalized spacial score (nSPS) is 20.7. The van der Waals surface area contributed by atoms with Crippen molar-refractivity contribution in [1.29, 1.82) is 0 Å². The molecule has 3 rings (SSSR count). The van der Waals surface area contributed by atoms with Crippen LogP contribution in [0, 0.1) is 11.8 Å². The van der Waals surface area contributed by atoms with E-state index in [0.717, 1.165) is 47.5 Å². The quantitative estimate of drug-likeness (QED) is 0.936. The maximum atomic E-state index is 5.99. The molecule has 1 fully saturated rings. The third-order valence-electron chi connectivity index (χ3n) is 4.02. The number of hydrogen-bond donors (Lipinski definition) is 1. The Morgan fingerprint density at radius 3 is 3.05 bits per heavy atom. The standard InChI is InChI=1S/C14H20N4S/c1-9(2)10-3-5-18(7-10)8-12-16-13(15)11-4-6-19-14(11)17-12/h4,6,9-10H,3,5,7-8H2,1-2H3,(H2,15,16,17). The minimum atomic E-state index is 0.612. The first-order valence-corrected chi connectivity index (χ1v) is 7.73. The number of nitrogen functional groups attached to an aromatic ring is 1. The summed E-state index contributed by atoms with van der Waals surface area (Å²) in [7, 11) is 0. The average molecular weight is 276 g/mol. The molecule has 4 nitrogen and oxygen atoms in total. The fourth-order valence-corrected chi connectivity index (χ4v) is 3.54. The van der Waals surface area contributed by atoms with E-state index in [-0.39, 0.29) is 0 Å². The second-order valence-corrected chi connectivity index (χ2v) is 6.59. The lowest BCUT2D eigenvalue weighted by Gasteiger charge is -2.17. The second-order valence-electron chi connectivity index (χ2n) is 5.69. The number of nitrogens with zero attached hydrogens (tertiary/aromatic N) is 3. The van der Waals surface area contributed by atoms with E-state index in [9.17, 15) is 0 Å². The molecular weight excluding hydrogens is 256 g/mol. The Balaban J connectivity index is 1.75. The summed E-state index contributed by atoms with van der Waals surface area (Å²) in [6.07, 6.45) is 1.29. The number of fused-ring (bicyclic) bond motifs is 1. The number of hydrogen-bond acceptors (Lipinski definition) is 5. The minimum absolute atomic E-state index is 0.612. The van der Waals surface area contributed by atoms with Crippen molar-refractivity contribution in [1.82, 2.24) is 14.9 Å². The molecule has 0 aliphatic carbocycles. The van der Waals surface area contributed by atoms with Gasteiger partial charge in [0, 0.05) is 6.54 Å². The molecule has 5 heteroatoms. The fourth-order valence-electron chi connectivity index (χ4n) is 2.75. The van der Waals surface area contributed by atoms with Crippen LogP contribution in [-0.4, -0.2) is 28.0 Å². The zero-order valence-electron chi connectivity index (χ0n) is 11.5. The van der Waals surface area contributed by atoms with Crippen molar-refractivity contribution in [3.05, 3.63) is 17.3 Å². The van der Waals surface area contributed by atoms with Crippen molar-refractivity contribution in [2.45, 2.75) is 26.8 Å². The summed E-state index contributed by atoms with van der Waals surface area (Å²) >= 11 is 1.63. The number of likely N-dealkylation sites (tertiary alicyclic amines) is 1. The van der Waals surface area contributed by atoms with Gasteiger partial charge in [-0.15, -0.1) is 11.3 Å². The Bertz CT molecular complexity index is 578. The molecule has 0 radical (unpaired) electrons. The summed E-state index contributed by atoms with van der Waals surface area (Å²) in [6.45, 7) is 7.74. The van der Waals surface area contributed by atoms with Crippen LogP contribution in [0.25, 0.3) is 10.2 Å². The van der Waals surface area contributed by atoms with E-state index in [0.29, 0.717) is 5.82 Å². The van der Waals surface area contributed by atoms with E-state index in [1.165, 1.54) is 6.42 Å². The zero-order valence-corrected chi connectivity index (χ0v) is 12.3. The summed E-state index contributed by atoms with van der Waals surface area (Å²) < 4.78 is 0. The molecule has 2 aromatic heterocycles. The Morgan fingerprint density at radius 1 is 1.47 bits per heavy atom. The molecular formula is C14H20N4S. The molecule has 1 atom stereocenters. The van der Waals surface area contributed by atoms with E-state index in [2.05, 4.69) is 28.7 Å². The highest BCUT2D eigenvalue weighted by Crippen LogP contribution is 2.26. The number of rotatable bonds is 3. The van der Waals surface area contributed by atoms with Gasteiger partial charge in [-0.25, -0.2) is 9.97 Å². The molecule has 0 bridgehead atoms. The van der Waals surface area contributed by atoms with Crippen LogP contribution >= 0.6 is 11.3 Å². The highest BCUT2D eigenvalue weighted by Gasteiger charge is 2.25. The molecule has 3 heterocycles. The summed E-state index contributed by atoms with van der Waals surface area (Å²) in [5, 5.41) is 3.00. The van der Waals surface area contributed by atoms with E-state index in [1.54, 1.807) is 11.3 Å². The van der Waals surface area contributed by atoms with E-state index < -0.39 is 0 Å². The van der Waals surface area contributed by atoms with Gasteiger partial charge in [-0.1, -0.05) is 13.8 Å². The molecule has 0 amide bonds. The highest BCUT2D eigenvalue weighted by molar-refractivity contribution is 7.16. The highest BCUT2D eigenvalue weighted by atomic mass is 32.1. The molecule has 1 aliphatic rings. The van der Waals surface area contributed by atoms with Crippen LogP contribution in [0.15, 0.2) is 11.4 Å². The van der Waals surface area contributed by atoms with E-state index in [4.69, 9.17) is 5.73 Å². The fraction of sp³-hybridized carbons (Fsp3) is 0.571. The van der Waals surface area contributed by atoms with Crippen LogP contribution in [0.5, 0.6) is 0 Å². The Kier molecular flexibility index (Phi) is 3.41. The first kappa shape index (κ1) is 12.8. The summed E-state index contributed by atoms with van der Waals surface area (Å²) in [4.78, 5) is 12.5. The number of anilines is 1. The van der Waals surface area contributed by atoms with Crippen LogP contribution in [0.4, 0.5) is 5.82 Å². The predicted molar refractivity (Wildman–Crippen MR) is 80.0 cm³/mol. The van der Waals surface area contributed by atoms with Crippen molar-refractivity contribution in [2.75, 3.05) is 18.8 Å². The molecule has 0 aromatic carbocycles. The molecule has 1 unspecified atom stereocenters. The van der Waals surface area contributed by atoms with Crippen molar-refractivity contribution in [3.8, 4) is 0 Å². The van der Waals surface area contributed by atoms with E-state index >= 15 is 0 Å². The van der Waals surface area contributed by atoms with Crippen LogP contribution in [0.1, 0.15) is 26.1 Å². The van der Waals surface area contributed by atoms with Gasteiger partial charge in [-0.2, -0.15) is 0 Å². The second kappa shape index (κ2) is 5.06. The molecule has 1 saturated heterocycles. The SMILES string of the molecule is CC(C)C1CCN(Cc2nc(N)c3ccsc3n2)C1. The van der Waals surface area contributed by atoms with Gasteiger partial charge in [0.25, 0.3) is 0 Å². The van der Waals surface area contributed by atoms with Gasteiger partial charge in [-0.05, 0) is 36.2 Å². The zero-order chi connectivity index (χ0) is 13.4. The lowest BCUT2D eigenvalue weighted by Crippen LogP contribution is -2.22. The third-order valence-corrected chi connectivity index (χ3v) is 4.82. The minimum Gasteiger partial charge on any atom is -0.383 e. The van der Waals surface area contributed by atoms with Crippen molar-refractivity contribution in [3.63, 3.8) is 0 Å². The van der Waals surface area contributed by atoms with Crippen LogP contribution in [-0.2, 0) is 6.54 Å². The van der Waals surface area contributed by atoms with Gasteiger partial charge in [0.2, 0.25) is 0 Å². The third kappa shape index (κ3) is 2.58. The molecule has 0 saturated carbocycles. The molecule has 19 heavy (non-hydrogen) atoms. The van der Waals surface area contributed by atoms with Gasteiger partial charge < -0.3 is 5.73 Å². The van der Waals surface area contributed by atoms with Gasteiger partial charge in [0.05, 0.1) is 11.9 Å². The van der Waals surface area contributed by atoms with Gasteiger partial charge in [-0.3, -0.25) is 4.90 Å². The predicted octanol–water partition coefficient (Wildman–Crippen LogP) is 2.75. The number of aromatic nitrogens is 2. The monoisotopic (exact) mass is 276 g/mol. The lowest BCUT2D eigenvalue weighted by molar-refractivity contribution is 0.291. The summed E-state index contributed by atoms with van der Waals surface area (Å²) in [5.41, 5.74) is 5.99. The first-order chi connectivity index (χ1) is 9.13. The number of nitrogens with two attached hydrogens (primary N) is 1. The smallest absolute Gasteiger partial charge is 0.146 e. The molecule has 1 aliphatic heterocycles. The Morgan fingerprint density at radius 2 is 2.32 bits per heavy atom. The van der Waals surface area contributed by atoms with E-state index in [1.807, 2.05) is 11.4 Å². The number of thiophene rings is 1. The van der Waals surface area contributed by atoms with Gasteiger partial charge in [0.15, 0.2) is 0 Å². The van der Waals surface area contributed by atoms with Crippen molar-refractivity contribution < 1.29 is 0 Å². The maximum Gasteiger partial charge on any atom is 0.146 e. The van der Waals surface area contributed by atoms with Crippen LogP contribution < -0.4 is 5.73 Å². The molecule has 2 aromatic rings. The maximum absolute atomic E-state index is 5.99. The van der Waals surface area contributed by atoms with Crippen LogP contribution in [0.2, 0.25) is 0 Å². The van der Waals surface area contributed by atoms with Crippen molar-refractivity contribution >= 4 is 27.4 Å². The molecule has 102 valence electrons. The summed E-state index contributed by atoms with van der Waals surface area (Å²) in [6, 6.07) is 1.99. The molecule has 2 N–H and O–H groups in total. The Hall–Kier alpha value is -1.20. The first-order valence-electron chi connectivity index (χ1n) is 6.85.